The Labute approximate surface area is 111 Å². The minimum absolute atomic E-state index is 0.0650. The van der Waals surface area contributed by atoms with Gasteiger partial charge in [-0.2, -0.15) is 0 Å². The molecule has 0 aliphatic rings. The highest BCUT2D eigenvalue weighted by molar-refractivity contribution is 5.85. The molecule has 2 rings (SSSR count). The molecule has 0 N–H and O–H groups in total. The van der Waals surface area contributed by atoms with E-state index in [1.54, 1.807) is 25.8 Å². The molecule has 100 valence electrons. The van der Waals surface area contributed by atoms with Gasteiger partial charge in [0.25, 0.3) is 5.82 Å². The Balaban J connectivity index is 2.31. The van der Waals surface area contributed by atoms with Crippen LogP contribution in [0.15, 0.2) is 24.3 Å². The number of hydrogen-bond acceptors (Lipinski definition) is 5. The van der Waals surface area contributed by atoms with Crippen molar-refractivity contribution < 1.29 is 14.3 Å². The first-order valence-corrected chi connectivity index (χ1v) is 5.88. The number of hydrogen-bond donors (Lipinski definition) is 0. The van der Waals surface area contributed by atoms with Crippen LogP contribution >= 0.6 is 0 Å². The minimum Gasteiger partial charge on any atom is -0.497 e. The van der Waals surface area contributed by atoms with E-state index in [9.17, 15) is 4.79 Å². The lowest BCUT2D eigenvalue weighted by molar-refractivity contribution is 0.0512. The zero-order chi connectivity index (χ0) is 13.8. The first-order chi connectivity index (χ1) is 9.15. The van der Waals surface area contributed by atoms with E-state index in [2.05, 4.69) is 10.1 Å². The van der Waals surface area contributed by atoms with Crippen LogP contribution in [0.1, 0.15) is 17.5 Å². The second kappa shape index (κ2) is 5.51. The standard InChI is InChI=1S/C13H15N3O3/c1-4-19-13(17)11-14-12(16(2)15-11)9-5-7-10(18-3)8-6-9/h5-8H,4H2,1-3H3. The summed E-state index contributed by atoms with van der Waals surface area (Å²) in [5, 5.41) is 4.05. The van der Waals surface area contributed by atoms with Gasteiger partial charge in [-0.05, 0) is 31.2 Å². The summed E-state index contributed by atoms with van der Waals surface area (Å²) >= 11 is 0. The molecule has 0 spiro atoms. The van der Waals surface area contributed by atoms with Gasteiger partial charge in [-0.25, -0.2) is 14.5 Å². The zero-order valence-electron chi connectivity index (χ0n) is 11.1. The molecule has 0 unspecified atom stereocenters. The number of nitrogens with zero attached hydrogens (tertiary/aromatic N) is 3. The van der Waals surface area contributed by atoms with Crippen LogP contribution in [0, 0.1) is 0 Å². The molecule has 0 saturated carbocycles. The van der Waals surface area contributed by atoms with E-state index in [-0.39, 0.29) is 5.82 Å². The molecule has 0 aliphatic carbocycles. The molecule has 0 atom stereocenters. The van der Waals surface area contributed by atoms with E-state index >= 15 is 0 Å². The fourth-order valence-electron chi connectivity index (χ4n) is 1.66. The summed E-state index contributed by atoms with van der Waals surface area (Å²) in [6.07, 6.45) is 0. The summed E-state index contributed by atoms with van der Waals surface area (Å²) in [7, 11) is 3.34. The van der Waals surface area contributed by atoms with Crippen molar-refractivity contribution in [3.05, 3.63) is 30.1 Å². The van der Waals surface area contributed by atoms with E-state index in [1.165, 1.54) is 0 Å². The summed E-state index contributed by atoms with van der Waals surface area (Å²) in [5.41, 5.74) is 0.853. The second-order valence-electron chi connectivity index (χ2n) is 3.83. The Morgan fingerprint density at radius 3 is 2.58 bits per heavy atom. The quantitative estimate of drug-likeness (QED) is 0.783. The summed E-state index contributed by atoms with van der Waals surface area (Å²) in [6, 6.07) is 7.37. The van der Waals surface area contributed by atoms with Gasteiger partial charge in [0.2, 0.25) is 0 Å². The van der Waals surface area contributed by atoms with Crippen molar-refractivity contribution >= 4 is 5.97 Å². The zero-order valence-corrected chi connectivity index (χ0v) is 11.1. The van der Waals surface area contributed by atoms with E-state index in [0.29, 0.717) is 12.4 Å². The van der Waals surface area contributed by atoms with Crippen LogP contribution in [0.2, 0.25) is 0 Å². The second-order valence-corrected chi connectivity index (χ2v) is 3.83. The average Bonchev–Trinajstić information content (AvgIpc) is 2.81. The lowest BCUT2D eigenvalue weighted by atomic mass is 10.2. The van der Waals surface area contributed by atoms with Crippen molar-refractivity contribution in [3.63, 3.8) is 0 Å². The molecular formula is C13H15N3O3. The van der Waals surface area contributed by atoms with Crippen molar-refractivity contribution in [1.29, 1.82) is 0 Å². The van der Waals surface area contributed by atoms with E-state index in [1.807, 2.05) is 24.3 Å². The van der Waals surface area contributed by atoms with Gasteiger partial charge in [-0.15, -0.1) is 5.10 Å². The highest BCUT2D eigenvalue weighted by atomic mass is 16.5. The topological polar surface area (TPSA) is 66.2 Å². The van der Waals surface area contributed by atoms with Crippen LogP contribution in [0.25, 0.3) is 11.4 Å². The van der Waals surface area contributed by atoms with Crippen LogP contribution in [0.3, 0.4) is 0 Å². The molecule has 0 radical (unpaired) electrons. The maximum atomic E-state index is 11.6. The number of aryl methyl sites for hydroxylation is 1. The van der Waals surface area contributed by atoms with Crippen molar-refractivity contribution in [2.75, 3.05) is 13.7 Å². The third kappa shape index (κ3) is 2.73. The fourth-order valence-corrected chi connectivity index (χ4v) is 1.66. The van der Waals surface area contributed by atoms with Crippen molar-refractivity contribution in [2.45, 2.75) is 6.92 Å². The Morgan fingerprint density at radius 1 is 1.32 bits per heavy atom. The molecule has 1 aromatic carbocycles. The highest BCUT2D eigenvalue weighted by Crippen LogP contribution is 2.20. The predicted molar refractivity (Wildman–Crippen MR) is 68.9 cm³/mol. The molecule has 2 aromatic rings. The van der Waals surface area contributed by atoms with Crippen molar-refractivity contribution in [2.24, 2.45) is 7.05 Å². The van der Waals surface area contributed by atoms with Gasteiger partial charge in [-0.3, -0.25) is 0 Å². The van der Waals surface area contributed by atoms with E-state index < -0.39 is 5.97 Å². The molecule has 6 nitrogen and oxygen atoms in total. The lowest BCUT2D eigenvalue weighted by Gasteiger charge is -2.02. The third-order valence-electron chi connectivity index (χ3n) is 2.57. The molecule has 0 aliphatic heterocycles. The van der Waals surface area contributed by atoms with Crippen LogP contribution in [0.5, 0.6) is 5.75 Å². The molecule has 0 saturated heterocycles. The number of carbonyl (C=O) groups is 1. The highest BCUT2D eigenvalue weighted by Gasteiger charge is 2.16. The monoisotopic (exact) mass is 261 g/mol. The maximum Gasteiger partial charge on any atom is 0.378 e. The smallest absolute Gasteiger partial charge is 0.378 e. The molecule has 1 heterocycles. The van der Waals surface area contributed by atoms with Crippen molar-refractivity contribution in [1.82, 2.24) is 14.8 Å². The minimum atomic E-state index is -0.516. The molecule has 0 fully saturated rings. The van der Waals surface area contributed by atoms with E-state index in [4.69, 9.17) is 9.47 Å². The van der Waals surface area contributed by atoms with Gasteiger partial charge in [0.1, 0.15) is 5.75 Å². The van der Waals surface area contributed by atoms with Crippen LogP contribution in [-0.4, -0.2) is 34.5 Å². The van der Waals surface area contributed by atoms with Gasteiger partial charge in [-0.1, -0.05) is 0 Å². The molecule has 0 bridgehead atoms. The summed E-state index contributed by atoms with van der Waals surface area (Å²) in [4.78, 5) is 15.8. The van der Waals surface area contributed by atoms with Gasteiger partial charge < -0.3 is 9.47 Å². The van der Waals surface area contributed by atoms with Gasteiger partial charge in [0.05, 0.1) is 13.7 Å². The van der Waals surface area contributed by atoms with E-state index in [0.717, 1.165) is 11.3 Å². The van der Waals surface area contributed by atoms with Crippen LogP contribution in [-0.2, 0) is 11.8 Å². The Kier molecular flexibility index (Phi) is 3.79. The molecule has 6 heteroatoms. The normalized spacial score (nSPS) is 10.3. The molecule has 1 aromatic heterocycles. The maximum absolute atomic E-state index is 11.6. The summed E-state index contributed by atoms with van der Waals surface area (Å²) in [5.74, 6) is 0.912. The van der Waals surface area contributed by atoms with Gasteiger partial charge in [0, 0.05) is 12.6 Å². The summed E-state index contributed by atoms with van der Waals surface area (Å²) in [6.45, 7) is 2.04. The fraction of sp³-hybridized carbons (Fsp3) is 0.308. The number of methoxy groups -OCH3 is 1. The Hall–Kier alpha value is -2.37. The van der Waals surface area contributed by atoms with Crippen LogP contribution in [0.4, 0.5) is 0 Å². The third-order valence-corrected chi connectivity index (χ3v) is 2.57. The van der Waals surface area contributed by atoms with Gasteiger partial charge in [0.15, 0.2) is 5.82 Å². The van der Waals surface area contributed by atoms with Crippen molar-refractivity contribution in [3.8, 4) is 17.1 Å². The van der Waals surface area contributed by atoms with Crippen LogP contribution < -0.4 is 4.74 Å². The number of rotatable bonds is 4. The number of ether oxygens (including phenoxy) is 2. The molecular weight excluding hydrogens is 246 g/mol. The molecule has 0 amide bonds. The number of aromatic nitrogens is 3. The molecule has 19 heavy (non-hydrogen) atoms. The first-order valence-electron chi connectivity index (χ1n) is 5.88. The number of benzene rings is 1. The largest absolute Gasteiger partial charge is 0.497 e. The van der Waals surface area contributed by atoms with Gasteiger partial charge >= 0.3 is 5.97 Å². The number of carbonyl (C=O) groups excluding carboxylic acids is 1. The predicted octanol–water partition coefficient (Wildman–Crippen LogP) is 1.67. The average molecular weight is 261 g/mol. The Bertz CT molecular complexity index is 575. The number of esters is 1. The summed E-state index contributed by atoms with van der Waals surface area (Å²) < 4.78 is 11.5. The first kappa shape index (κ1) is 13.1. The Morgan fingerprint density at radius 2 is 2.00 bits per heavy atom. The lowest BCUT2D eigenvalue weighted by Crippen LogP contribution is -2.07. The SMILES string of the molecule is CCOC(=O)c1nc(-c2ccc(OC)cc2)n(C)n1.